The SMILES string of the molecule is CC#C[C@H]1CN(S(=O)(=O)c2ccc(N)nn2)CCN1c1ccc(S(=N)(=O)C(F)(F)F)cc1. The molecule has 3 N–H and O–H groups in total. The first-order valence-electron chi connectivity index (χ1n) is 9.11. The Labute approximate surface area is 183 Å². The van der Waals surface area contributed by atoms with Gasteiger partial charge in [0.2, 0.25) is 0 Å². The fraction of sp³-hybridized carbons (Fsp3) is 0.333. The van der Waals surface area contributed by atoms with E-state index in [2.05, 4.69) is 22.0 Å². The minimum atomic E-state index is -5.18. The molecular weight excluding hydrogens is 469 g/mol. The fourth-order valence-electron chi connectivity index (χ4n) is 3.14. The average Bonchev–Trinajstić information content (AvgIpc) is 2.73. The summed E-state index contributed by atoms with van der Waals surface area (Å²) in [5.74, 6) is 5.71. The normalized spacial score (nSPS) is 19.6. The number of nitrogens with zero attached hydrogens (tertiary/aromatic N) is 4. The first kappa shape index (κ1) is 23.8. The molecular formula is C18H19F3N6O3S2. The quantitative estimate of drug-likeness (QED) is 0.628. The molecule has 1 aliphatic heterocycles. The lowest BCUT2D eigenvalue weighted by molar-refractivity contribution is -0.0406. The zero-order valence-corrected chi connectivity index (χ0v) is 18.3. The number of nitrogens with one attached hydrogen (secondary N) is 1. The number of sulfonamides is 1. The summed E-state index contributed by atoms with van der Waals surface area (Å²) in [5, 5.41) is 6.94. The van der Waals surface area contributed by atoms with Crippen LogP contribution in [0.25, 0.3) is 0 Å². The molecule has 0 spiro atoms. The number of halogens is 3. The van der Waals surface area contributed by atoms with Gasteiger partial charge in [0, 0.05) is 25.3 Å². The lowest BCUT2D eigenvalue weighted by Crippen LogP contribution is -2.54. The molecule has 14 heteroatoms. The lowest BCUT2D eigenvalue weighted by atomic mass is 10.1. The molecule has 32 heavy (non-hydrogen) atoms. The molecule has 1 aromatic carbocycles. The lowest BCUT2D eigenvalue weighted by Gasteiger charge is -2.39. The highest BCUT2D eigenvalue weighted by molar-refractivity contribution is 7.93. The highest BCUT2D eigenvalue weighted by atomic mass is 32.2. The van der Waals surface area contributed by atoms with Crippen LogP contribution < -0.4 is 10.6 Å². The summed E-state index contributed by atoms with van der Waals surface area (Å²) in [5.41, 5.74) is 0.731. The van der Waals surface area contributed by atoms with Gasteiger partial charge in [-0.1, -0.05) is 5.92 Å². The Hall–Kier alpha value is -2.89. The van der Waals surface area contributed by atoms with Crippen molar-refractivity contribution in [2.75, 3.05) is 30.3 Å². The number of benzene rings is 1. The summed E-state index contributed by atoms with van der Waals surface area (Å²) in [6, 6.07) is 6.58. The van der Waals surface area contributed by atoms with E-state index in [1.165, 1.54) is 28.6 Å². The van der Waals surface area contributed by atoms with Crippen molar-refractivity contribution in [2.45, 2.75) is 28.4 Å². The van der Waals surface area contributed by atoms with Gasteiger partial charge in [-0.05, 0) is 43.3 Å². The number of aromatic nitrogens is 2. The molecule has 1 saturated heterocycles. The molecule has 0 radical (unpaired) electrons. The summed E-state index contributed by atoms with van der Waals surface area (Å²) in [4.78, 5) is 1.08. The molecule has 1 fully saturated rings. The molecule has 0 bridgehead atoms. The topological polar surface area (TPSA) is 133 Å². The van der Waals surface area contributed by atoms with E-state index in [0.717, 1.165) is 12.1 Å². The summed E-state index contributed by atoms with van der Waals surface area (Å²) in [6.07, 6.45) is 0. The van der Waals surface area contributed by atoms with Gasteiger partial charge in [0.1, 0.15) is 11.9 Å². The number of piperazine rings is 1. The monoisotopic (exact) mass is 488 g/mol. The van der Waals surface area contributed by atoms with Crippen LogP contribution in [0.4, 0.5) is 24.7 Å². The van der Waals surface area contributed by atoms with E-state index in [9.17, 15) is 25.8 Å². The van der Waals surface area contributed by atoms with Crippen LogP contribution in [-0.4, -0.2) is 58.3 Å². The smallest absolute Gasteiger partial charge is 0.382 e. The van der Waals surface area contributed by atoms with Crippen LogP contribution in [0, 0.1) is 16.6 Å². The molecule has 0 amide bonds. The predicted molar refractivity (Wildman–Crippen MR) is 111 cm³/mol. The van der Waals surface area contributed by atoms with Gasteiger partial charge < -0.3 is 10.6 Å². The van der Waals surface area contributed by atoms with Crippen LogP contribution in [0.3, 0.4) is 0 Å². The highest BCUT2D eigenvalue weighted by Gasteiger charge is 2.43. The number of rotatable bonds is 4. The summed E-state index contributed by atoms with van der Waals surface area (Å²) < 4.78 is 84.6. The van der Waals surface area contributed by atoms with E-state index in [-0.39, 0.29) is 30.5 Å². The first-order valence-corrected chi connectivity index (χ1v) is 12.1. The van der Waals surface area contributed by atoms with Gasteiger partial charge in [0.05, 0.1) is 4.90 Å². The molecule has 2 heterocycles. The molecule has 1 aromatic heterocycles. The average molecular weight is 489 g/mol. The fourth-order valence-corrected chi connectivity index (χ4v) is 5.23. The predicted octanol–water partition coefficient (Wildman–Crippen LogP) is 1.89. The Morgan fingerprint density at radius 2 is 1.75 bits per heavy atom. The zero-order chi connectivity index (χ0) is 23.7. The van der Waals surface area contributed by atoms with E-state index in [1.54, 1.807) is 11.8 Å². The highest BCUT2D eigenvalue weighted by Crippen LogP contribution is 2.32. The summed E-state index contributed by atoms with van der Waals surface area (Å²) in [7, 11) is -8.92. The molecule has 0 saturated carbocycles. The third kappa shape index (κ3) is 4.50. The Balaban J connectivity index is 1.86. The van der Waals surface area contributed by atoms with E-state index < -0.39 is 36.2 Å². The molecule has 1 unspecified atom stereocenters. The molecule has 3 rings (SSSR count). The largest absolute Gasteiger partial charge is 0.483 e. The number of anilines is 2. The Morgan fingerprint density at radius 1 is 1.09 bits per heavy atom. The van der Waals surface area contributed by atoms with Crippen molar-refractivity contribution in [2.24, 2.45) is 0 Å². The van der Waals surface area contributed by atoms with Crippen LogP contribution in [0.15, 0.2) is 46.3 Å². The Morgan fingerprint density at radius 3 is 2.28 bits per heavy atom. The van der Waals surface area contributed by atoms with Gasteiger partial charge in [0.15, 0.2) is 14.8 Å². The van der Waals surface area contributed by atoms with Crippen molar-refractivity contribution in [1.82, 2.24) is 14.5 Å². The van der Waals surface area contributed by atoms with E-state index in [4.69, 9.17) is 10.5 Å². The number of nitrogen functional groups attached to an aromatic ring is 1. The van der Waals surface area contributed by atoms with Crippen LogP contribution in [-0.2, 0) is 19.8 Å². The zero-order valence-electron chi connectivity index (χ0n) is 16.7. The standard InChI is InChI=1S/C18H19F3N6O3S2/c1-2-3-14-12-26(32(29,30)17-9-8-16(22)24-25-17)10-11-27(14)13-4-6-15(7-5-13)31(23,28)18(19,20)21/h4-9,14,23H,10-12H2,1H3,(H2,22,24)/t14-,31?/m0/s1. The molecule has 0 aliphatic carbocycles. The summed E-state index contributed by atoms with van der Waals surface area (Å²) in [6.45, 7) is 1.82. The van der Waals surface area contributed by atoms with Gasteiger partial charge in [-0.15, -0.1) is 16.1 Å². The second-order valence-corrected chi connectivity index (χ2v) is 10.7. The second-order valence-electron chi connectivity index (χ2n) is 6.76. The van der Waals surface area contributed by atoms with Crippen LogP contribution >= 0.6 is 0 Å². The van der Waals surface area contributed by atoms with Crippen LogP contribution in [0.2, 0.25) is 0 Å². The minimum absolute atomic E-state index is 0.0191. The van der Waals surface area contributed by atoms with Crippen LogP contribution in [0.1, 0.15) is 6.92 Å². The number of nitrogens with two attached hydrogens (primary N) is 1. The van der Waals surface area contributed by atoms with Crippen molar-refractivity contribution in [1.29, 1.82) is 4.78 Å². The van der Waals surface area contributed by atoms with Gasteiger partial charge in [-0.25, -0.2) is 17.4 Å². The third-order valence-electron chi connectivity index (χ3n) is 4.75. The van der Waals surface area contributed by atoms with Crippen molar-refractivity contribution in [3.05, 3.63) is 36.4 Å². The second kappa shape index (κ2) is 8.57. The first-order chi connectivity index (χ1) is 14.9. The number of alkyl halides is 3. The maximum atomic E-state index is 12.9. The molecule has 2 atom stereocenters. The summed E-state index contributed by atoms with van der Waals surface area (Å²) >= 11 is 0. The van der Waals surface area contributed by atoms with E-state index in [1.807, 2.05) is 0 Å². The van der Waals surface area contributed by atoms with Gasteiger partial charge in [-0.3, -0.25) is 0 Å². The molecule has 2 aromatic rings. The Bertz CT molecular complexity index is 1250. The van der Waals surface area contributed by atoms with Crippen molar-refractivity contribution in [3.8, 4) is 11.8 Å². The van der Waals surface area contributed by atoms with Crippen molar-refractivity contribution < 1.29 is 25.8 Å². The molecule has 172 valence electrons. The Kier molecular flexibility index (Phi) is 6.36. The van der Waals surface area contributed by atoms with Crippen molar-refractivity contribution in [3.63, 3.8) is 0 Å². The van der Waals surface area contributed by atoms with E-state index >= 15 is 0 Å². The molecule has 9 nitrogen and oxygen atoms in total. The van der Waals surface area contributed by atoms with Crippen molar-refractivity contribution >= 4 is 31.3 Å². The third-order valence-corrected chi connectivity index (χ3v) is 8.09. The number of hydrogen-bond donors (Lipinski definition) is 2. The number of hydrogen-bond acceptors (Lipinski definition) is 8. The molecule has 1 aliphatic rings. The maximum absolute atomic E-state index is 12.9. The van der Waals surface area contributed by atoms with Gasteiger partial charge >= 0.3 is 5.51 Å². The van der Waals surface area contributed by atoms with Gasteiger partial charge in [0.25, 0.3) is 10.0 Å². The van der Waals surface area contributed by atoms with Crippen LogP contribution in [0.5, 0.6) is 0 Å². The van der Waals surface area contributed by atoms with E-state index in [0.29, 0.717) is 5.69 Å². The maximum Gasteiger partial charge on any atom is 0.483 e. The van der Waals surface area contributed by atoms with Gasteiger partial charge in [-0.2, -0.15) is 17.5 Å². The minimum Gasteiger partial charge on any atom is -0.382 e.